The summed E-state index contributed by atoms with van der Waals surface area (Å²) in [4.78, 5) is 34.8. The molecule has 2 heterocycles. The molecule has 0 bridgehead atoms. The van der Waals surface area contributed by atoms with Gasteiger partial charge in [0.1, 0.15) is 4.75 Å². The Morgan fingerprint density at radius 1 is 1.67 bits per heavy atom. The number of aliphatic carboxylic acids is 1. The molecule has 0 aromatic carbocycles. The summed E-state index contributed by atoms with van der Waals surface area (Å²) in [7, 11) is 0. The molecule has 0 aromatic rings. The van der Waals surface area contributed by atoms with Gasteiger partial charge in [-0.3, -0.25) is 9.59 Å². The third kappa shape index (κ3) is 1.28. The Hall–Kier alpha value is -0.750. The van der Waals surface area contributed by atoms with Gasteiger partial charge in [-0.1, -0.05) is 0 Å². The van der Waals surface area contributed by atoms with E-state index in [0.717, 1.165) is 11.8 Å². The minimum absolute atomic E-state index is 0.216. The Labute approximate surface area is 94.7 Å². The Morgan fingerprint density at radius 2 is 2.27 bits per heavy atom. The number of carbonyl (C=O) groups excluding carboxylic acids is 2. The monoisotopic (exact) mass is 249 g/mol. The smallest absolute Gasteiger partial charge is 0.328 e. The number of β-lactam (4-membered cyclic amide) rings is 1. The molecular formula is C8H8ClNO4S. The molecule has 82 valence electrons. The Bertz CT molecular complexity index is 374. The topological polar surface area (TPSA) is 74.7 Å². The molecule has 2 saturated heterocycles. The first-order chi connectivity index (χ1) is 6.88. The van der Waals surface area contributed by atoms with E-state index in [1.807, 2.05) is 0 Å². The standard InChI is InChI=1S/C8H8ClNO4S/c1-8(7(9)14)5(6(12)13)10-3(11)2-4(10)15-8/h4-5H,2H2,1H3,(H,12,13)/t4-,5+,8-/m1/s1. The summed E-state index contributed by atoms with van der Waals surface area (Å²) in [5.74, 6) is -1.42. The van der Waals surface area contributed by atoms with Gasteiger partial charge in [0.2, 0.25) is 11.1 Å². The van der Waals surface area contributed by atoms with Gasteiger partial charge in [0.15, 0.2) is 6.04 Å². The highest BCUT2D eigenvalue weighted by molar-refractivity contribution is 8.02. The summed E-state index contributed by atoms with van der Waals surface area (Å²) in [6.07, 6.45) is 0.286. The maximum absolute atomic E-state index is 11.3. The van der Waals surface area contributed by atoms with Crippen molar-refractivity contribution in [2.24, 2.45) is 0 Å². The Kier molecular flexibility index (Phi) is 2.24. The predicted molar refractivity (Wildman–Crippen MR) is 53.5 cm³/mol. The quantitative estimate of drug-likeness (QED) is 0.562. The molecule has 0 spiro atoms. The summed E-state index contributed by atoms with van der Waals surface area (Å²) in [5.41, 5.74) is 0. The van der Waals surface area contributed by atoms with Crippen molar-refractivity contribution in [2.75, 3.05) is 0 Å². The van der Waals surface area contributed by atoms with E-state index < -0.39 is 22.0 Å². The van der Waals surface area contributed by atoms with Crippen molar-refractivity contribution in [3.63, 3.8) is 0 Å². The van der Waals surface area contributed by atoms with Crippen LogP contribution in [0.25, 0.3) is 0 Å². The molecule has 0 radical (unpaired) electrons. The van der Waals surface area contributed by atoms with Crippen molar-refractivity contribution in [3.05, 3.63) is 0 Å². The van der Waals surface area contributed by atoms with Gasteiger partial charge in [-0.25, -0.2) is 4.79 Å². The number of carboxylic acids is 1. The van der Waals surface area contributed by atoms with Crippen molar-refractivity contribution in [1.82, 2.24) is 4.90 Å². The second-order valence-corrected chi connectivity index (χ2v) is 5.67. The lowest BCUT2D eigenvalue weighted by atomic mass is 9.98. The minimum Gasteiger partial charge on any atom is -0.480 e. The fourth-order valence-corrected chi connectivity index (χ4v) is 3.75. The molecule has 2 fully saturated rings. The van der Waals surface area contributed by atoms with Crippen molar-refractivity contribution < 1.29 is 19.5 Å². The zero-order chi connectivity index (χ0) is 11.4. The van der Waals surface area contributed by atoms with Crippen LogP contribution in [0.1, 0.15) is 13.3 Å². The molecular weight excluding hydrogens is 242 g/mol. The molecule has 1 N–H and O–H groups in total. The predicted octanol–water partition coefficient (Wildman–Crippen LogP) is 0.269. The highest BCUT2D eigenvalue weighted by Crippen LogP contribution is 2.51. The van der Waals surface area contributed by atoms with E-state index in [9.17, 15) is 14.4 Å². The van der Waals surface area contributed by atoms with Gasteiger partial charge >= 0.3 is 5.97 Å². The van der Waals surface area contributed by atoms with Crippen LogP contribution in [0.2, 0.25) is 0 Å². The van der Waals surface area contributed by atoms with E-state index in [1.54, 1.807) is 0 Å². The lowest BCUT2D eigenvalue weighted by Gasteiger charge is -2.36. The van der Waals surface area contributed by atoms with Crippen LogP contribution < -0.4 is 0 Å². The summed E-state index contributed by atoms with van der Waals surface area (Å²) in [6, 6.07) is -1.14. The van der Waals surface area contributed by atoms with E-state index in [4.69, 9.17) is 16.7 Å². The summed E-state index contributed by atoms with van der Waals surface area (Å²) >= 11 is 6.56. The van der Waals surface area contributed by atoms with E-state index in [0.29, 0.717) is 0 Å². The molecule has 15 heavy (non-hydrogen) atoms. The molecule has 5 nitrogen and oxygen atoms in total. The van der Waals surface area contributed by atoms with Crippen LogP contribution in [0.5, 0.6) is 0 Å². The number of nitrogens with zero attached hydrogens (tertiary/aromatic N) is 1. The fourth-order valence-electron chi connectivity index (χ4n) is 1.93. The average molecular weight is 250 g/mol. The lowest BCUT2D eigenvalue weighted by molar-refractivity contribution is -0.158. The van der Waals surface area contributed by atoms with E-state index >= 15 is 0 Å². The SMILES string of the molecule is C[C@@]1(C(=O)Cl)S[C@@H]2CC(=O)N2[C@H]1C(=O)O. The summed E-state index contributed by atoms with van der Waals surface area (Å²) in [6.45, 7) is 1.47. The summed E-state index contributed by atoms with van der Waals surface area (Å²) < 4.78 is -1.23. The van der Waals surface area contributed by atoms with Gasteiger partial charge in [-0.15, -0.1) is 11.8 Å². The molecule has 0 unspecified atom stereocenters. The largest absolute Gasteiger partial charge is 0.480 e. The van der Waals surface area contributed by atoms with Crippen molar-refractivity contribution in [3.8, 4) is 0 Å². The van der Waals surface area contributed by atoms with Crippen LogP contribution in [0, 0.1) is 0 Å². The number of rotatable bonds is 2. The van der Waals surface area contributed by atoms with Gasteiger partial charge < -0.3 is 10.0 Å². The zero-order valence-corrected chi connectivity index (χ0v) is 9.34. The van der Waals surface area contributed by atoms with E-state index in [-0.39, 0.29) is 17.7 Å². The number of amides is 1. The number of hydrogen-bond donors (Lipinski definition) is 1. The first kappa shape index (κ1) is 10.8. The van der Waals surface area contributed by atoms with Crippen LogP contribution >= 0.6 is 23.4 Å². The maximum Gasteiger partial charge on any atom is 0.328 e. The molecule has 3 atom stereocenters. The van der Waals surface area contributed by atoms with Gasteiger partial charge in [0.25, 0.3) is 0 Å². The molecule has 0 aliphatic carbocycles. The van der Waals surface area contributed by atoms with E-state index in [1.165, 1.54) is 11.8 Å². The normalized spacial score (nSPS) is 38.5. The average Bonchev–Trinajstić information content (AvgIpc) is 2.35. The van der Waals surface area contributed by atoms with Crippen LogP contribution in [0.4, 0.5) is 0 Å². The number of carboxylic acid groups (broad SMARTS) is 1. The van der Waals surface area contributed by atoms with Gasteiger partial charge in [0, 0.05) is 0 Å². The molecule has 2 aliphatic heterocycles. The Morgan fingerprint density at radius 3 is 2.67 bits per heavy atom. The molecule has 7 heteroatoms. The molecule has 1 amide bonds. The van der Waals surface area contributed by atoms with Crippen LogP contribution in [0.3, 0.4) is 0 Å². The lowest BCUT2D eigenvalue weighted by Crippen LogP contribution is -2.58. The van der Waals surface area contributed by atoms with Crippen LogP contribution in [-0.2, 0) is 14.4 Å². The summed E-state index contributed by atoms with van der Waals surface area (Å²) in [5, 5.41) is 8.08. The first-order valence-electron chi connectivity index (χ1n) is 4.29. The third-order valence-corrected chi connectivity index (χ3v) is 4.82. The van der Waals surface area contributed by atoms with Crippen molar-refractivity contribution >= 4 is 40.5 Å². The van der Waals surface area contributed by atoms with Gasteiger partial charge in [-0.05, 0) is 18.5 Å². The van der Waals surface area contributed by atoms with E-state index in [2.05, 4.69) is 0 Å². The third-order valence-electron chi connectivity index (χ3n) is 2.75. The number of thioether (sulfide) groups is 1. The maximum atomic E-state index is 11.3. The second-order valence-electron chi connectivity index (χ2n) is 3.70. The molecule has 0 aromatic heterocycles. The fraction of sp³-hybridized carbons (Fsp3) is 0.625. The highest BCUT2D eigenvalue weighted by atomic mass is 35.5. The highest BCUT2D eigenvalue weighted by Gasteiger charge is 2.63. The van der Waals surface area contributed by atoms with Gasteiger partial charge in [-0.2, -0.15) is 0 Å². The van der Waals surface area contributed by atoms with Crippen molar-refractivity contribution in [1.29, 1.82) is 0 Å². The molecule has 2 aliphatic rings. The molecule has 2 rings (SSSR count). The minimum atomic E-state index is -1.23. The van der Waals surface area contributed by atoms with Gasteiger partial charge in [0.05, 0.1) is 11.8 Å². The van der Waals surface area contributed by atoms with Crippen LogP contribution in [0.15, 0.2) is 0 Å². The molecule has 0 saturated carbocycles. The first-order valence-corrected chi connectivity index (χ1v) is 5.55. The van der Waals surface area contributed by atoms with Crippen LogP contribution in [-0.4, -0.2) is 43.3 Å². The Balaban J connectivity index is 2.39. The number of hydrogen-bond acceptors (Lipinski definition) is 4. The van der Waals surface area contributed by atoms with Crippen molar-refractivity contribution in [2.45, 2.75) is 29.5 Å². The zero-order valence-electron chi connectivity index (χ0n) is 7.77. The number of halogens is 1. The number of fused-ring (bicyclic) bond motifs is 1. The second kappa shape index (κ2) is 3.12. The number of carbonyl (C=O) groups is 3.